The van der Waals surface area contributed by atoms with Gasteiger partial charge in [0, 0.05) is 23.1 Å². The molecule has 33 heavy (non-hydrogen) atoms. The first-order valence-corrected chi connectivity index (χ1v) is 11.1. The number of benzene rings is 2. The summed E-state index contributed by atoms with van der Waals surface area (Å²) in [6.07, 6.45) is 0. The summed E-state index contributed by atoms with van der Waals surface area (Å²) >= 11 is 1.23. The molecule has 0 spiro atoms. The van der Waals surface area contributed by atoms with E-state index < -0.39 is 16.8 Å². The smallest absolute Gasteiger partial charge is 0.341 e. The van der Waals surface area contributed by atoms with Crippen LogP contribution >= 0.6 is 11.3 Å². The molecule has 0 bridgehead atoms. The van der Waals surface area contributed by atoms with Crippen molar-refractivity contribution in [3.05, 3.63) is 74.1 Å². The Hall–Kier alpha value is -3.72. The molecule has 0 saturated heterocycles. The van der Waals surface area contributed by atoms with E-state index in [0.29, 0.717) is 27.4 Å². The molecule has 3 aromatic rings. The van der Waals surface area contributed by atoms with Gasteiger partial charge in [-0.3, -0.25) is 14.9 Å². The number of ether oxygens (including phenoxy) is 2. The Morgan fingerprint density at radius 2 is 1.82 bits per heavy atom. The van der Waals surface area contributed by atoms with Gasteiger partial charge in [-0.15, -0.1) is 11.3 Å². The number of non-ortho nitro benzene ring substituents is 1. The SMILES string of the molecule is CCOC(=O)c1c(-c2ccc(C)c(C)c2)csc1NC(=O)COc1ccc([N+](=O)[O-])cc1C. The van der Waals surface area contributed by atoms with Crippen molar-refractivity contribution < 1.29 is 24.0 Å². The third kappa shape index (κ3) is 5.56. The molecule has 172 valence electrons. The molecule has 0 aliphatic rings. The van der Waals surface area contributed by atoms with Gasteiger partial charge in [0.05, 0.1) is 11.5 Å². The van der Waals surface area contributed by atoms with Gasteiger partial charge in [-0.2, -0.15) is 0 Å². The molecule has 1 N–H and O–H groups in total. The van der Waals surface area contributed by atoms with Crippen molar-refractivity contribution in [2.45, 2.75) is 27.7 Å². The predicted molar refractivity (Wildman–Crippen MR) is 127 cm³/mol. The van der Waals surface area contributed by atoms with E-state index in [0.717, 1.165) is 16.7 Å². The van der Waals surface area contributed by atoms with Crippen molar-refractivity contribution in [2.24, 2.45) is 0 Å². The quantitative estimate of drug-likeness (QED) is 0.268. The van der Waals surface area contributed by atoms with Gasteiger partial charge >= 0.3 is 5.97 Å². The number of amides is 1. The van der Waals surface area contributed by atoms with Gasteiger partial charge in [0.2, 0.25) is 0 Å². The minimum atomic E-state index is -0.519. The number of thiophene rings is 1. The second-order valence-corrected chi connectivity index (χ2v) is 8.30. The van der Waals surface area contributed by atoms with Crippen LogP contribution in [-0.2, 0) is 9.53 Å². The summed E-state index contributed by atoms with van der Waals surface area (Å²) in [5, 5.41) is 15.8. The second-order valence-electron chi connectivity index (χ2n) is 7.42. The van der Waals surface area contributed by atoms with Crippen LogP contribution in [-0.4, -0.2) is 30.0 Å². The molecular formula is C24H24N2O6S. The second kappa shape index (κ2) is 10.3. The van der Waals surface area contributed by atoms with Crippen molar-refractivity contribution >= 4 is 33.9 Å². The third-order valence-electron chi connectivity index (χ3n) is 5.07. The number of nitro benzene ring substituents is 1. The van der Waals surface area contributed by atoms with E-state index in [4.69, 9.17) is 9.47 Å². The van der Waals surface area contributed by atoms with E-state index in [1.165, 1.54) is 29.5 Å². The van der Waals surface area contributed by atoms with Crippen LogP contribution in [0.4, 0.5) is 10.7 Å². The first-order chi connectivity index (χ1) is 15.7. The largest absolute Gasteiger partial charge is 0.483 e. The Labute approximate surface area is 195 Å². The normalized spacial score (nSPS) is 10.5. The first-order valence-electron chi connectivity index (χ1n) is 10.2. The number of anilines is 1. The zero-order valence-electron chi connectivity index (χ0n) is 18.8. The van der Waals surface area contributed by atoms with Crippen LogP contribution in [0.5, 0.6) is 5.75 Å². The topological polar surface area (TPSA) is 108 Å². The molecule has 0 aliphatic carbocycles. The van der Waals surface area contributed by atoms with Crippen molar-refractivity contribution in [3.8, 4) is 16.9 Å². The fraction of sp³-hybridized carbons (Fsp3) is 0.250. The molecule has 1 heterocycles. The lowest BCUT2D eigenvalue weighted by Crippen LogP contribution is -2.21. The van der Waals surface area contributed by atoms with E-state index in [2.05, 4.69) is 5.32 Å². The maximum atomic E-state index is 12.7. The molecule has 0 radical (unpaired) electrons. The Balaban J connectivity index is 1.80. The van der Waals surface area contributed by atoms with Crippen LogP contribution in [0.1, 0.15) is 34.0 Å². The van der Waals surface area contributed by atoms with Gasteiger partial charge < -0.3 is 14.8 Å². The van der Waals surface area contributed by atoms with Crippen LogP contribution in [0.2, 0.25) is 0 Å². The number of hydrogen-bond acceptors (Lipinski definition) is 7. The van der Waals surface area contributed by atoms with Crippen LogP contribution in [0.15, 0.2) is 41.8 Å². The molecule has 9 heteroatoms. The van der Waals surface area contributed by atoms with Gasteiger partial charge in [-0.05, 0) is 56.0 Å². The molecule has 2 aromatic carbocycles. The molecule has 1 amide bonds. The number of carbonyl (C=O) groups is 2. The molecule has 1 aromatic heterocycles. The van der Waals surface area contributed by atoms with Crippen LogP contribution in [0, 0.1) is 30.9 Å². The minimum Gasteiger partial charge on any atom is -0.483 e. The number of esters is 1. The van der Waals surface area contributed by atoms with Gasteiger partial charge in [0.15, 0.2) is 6.61 Å². The monoisotopic (exact) mass is 468 g/mol. The van der Waals surface area contributed by atoms with Crippen molar-refractivity contribution in [2.75, 3.05) is 18.5 Å². The molecular weight excluding hydrogens is 444 g/mol. The van der Waals surface area contributed by atoms with E-state index in [-0.39, 0.29) is 18.9 Å². The predicted octanol–water partition coefficient (Wildman–Crippen LogP) is 5.44. The van der Waals surface area contributed by atoms with E-state index in [9.17, 15) is 19.7 Å². The average Bonchev–Trinajstić information content (AvgIpc) is 3.18. The summed E-state index contributed by atoms with van der Waals surface area (Å²) in [5.41, 5.74) is 4.55. The van der Waals surface area contributed by atoms with Gasteiger partial charge in [-0.25, -0.2) is 4.79 Å². The van der Waals surface area contributed by atoms with Crippen molar-refractivity contribution in [3.63, 3.8) is 0 Å². The zero-order valence-corrected chi connectivity index (χ0v) is 19.6. The Bertz CT molecular complexity index is 1220. The molecule has 0 fully saturated rings. The summed E-state index contributed by atoms with van der Waals surface area (Å²) in [4.78, 5) is 35.6. The fourth-order valence-electron chi connectivity index (χ4n) is 3.19. The highest BCUT2D eigenvalue weighted by Crippen LogP contribution is 2.37. The van der Waals surface area contributed by atoms with Gasteiger partial charge in [0.25, 0.3) is 11.6 Å². The van der Waals surface area contributed by atoms with Gasteiger partial charge in [-0.1, -0.05) is 18.2 Å². The highest BCUT2D eigenvalue weighted by atomic mass is 32.1. The molecule has 0 atom stereocenters. The van der Waals surface area contributed by atoms with Gasteiger partial charge in [0.1, 0.15) is 16.3 Å². The fourth-order valence-corrected chi connectivity index (χ4v) is 4.17. The third-order valence-corrected chi connectivity index (χ3v) is 5.96. The van der Waals surface area contributed by atoms with Crippen LogP contribution in [0.3, 0.4) is 0 Å². The number of carbonyl (C=O) groups excluding carboxylic acids is 2. The molecule has 0 saturated carbocycles. The molecule has 8 nitrogen and oxygen atoms in total. The highest BCUT2D eigenvalue weighted by Gasteiger charge is 2.23. The number of aryl methyl sites for hydroxylation is 3. The summed E-state index contributed by atoms with van der Waals surface area (Å²) in [6.45, 7) is 7.27. The number of nitrogens with one attached hydrogen (secondary N) is 1. The van der Waals surface area contributed by atoms with E-state index >= 15 is 0 Å². The van der Waals surface area contributed by atoms with Crippen LogP contribution < -0.4 is 10.1 Å². The number of nitro groups is 1. The zero-order chi connectivity index (χ0) is 24.1. The maximum Gasteiger partial charge on any atom is 0.341 e. The summed E-state index contributed by atoms with van der Waals surface area (Å²) in [7, 11) is 0. The number of nitrogens with zero attached hydrogens (tertiary/aromatic N) is 1. The van der Waals surface area contributed by atoms with Crippen molar-refractivity contribution in [1.82, 2.24) is 0 Å². The summed E-state index contributed by atoms with van der Waals surface area (Å²) in [6, 6.07) is 10.0. The number of rotatable bonds is 8. The Morgan fingerprint density at radius 3 is 2.45 bits per heavy atom. The summed E-state index contributed by atoms with van der Waals surface area (Å²) in [5.74, 6) is -0.621. The van der Waals surface area contributed by atoms with Crippen molar-refractivity contribution in [1.29, 1.82) is 0 Å². The Kier molecular flexibility index (Phi) is 7.44. The lowest BCUT2D eigenvalue weighted by atomic mass is 9.99. The molecule has 0 aliphatic heterocycles. The molecule has 0 unspecified atom stereocenters. The van der Waals surface area contributed by atoms with E-state index in [1.807, 2.05) is 37.4 Å². The Morgan fingerprint density at radius 1 is 1.06 bits per heavy atom. The molecule has 3 rings (SSSR count). The lowest BCUT2D eigenvalue weighted by molar-refractivity contribution is -0.384. The highest BCUT2D eigenvalue weighted by molar-refractivity contribution is 7.15. The maximum absolute atomic E-state index is 12.7. The average molecular weight is 469 g/mol. The van der Waals surface area contributed by atoms with E-state index in [1.54, 1.807) is 13.8 Å². The number of hydrogen-bond donors (Lipinski definition) is 1. The minimum absolute atomic E-state index is 0.0548. The lowest BCUT2D eigenvalue weighted by Gasteiger charge is -2.11. The van der Waals surface area contributed by atoms with Crippen LogP contribution in [0.25, 0.3) is 11.1 Å². The standard InChI is InChI=1S/C24H24N2O6S/c1-5-31-24(28)22-19(17-7-6-14(2)15(3)10-17)13-33-23(22)25-21(27)12-32-20-9-8-18(26(29)30)11-16(20)4/h6-11,13H,5,12H2,1-4H3,(H,25,27). The summed E-state index contributed by atoms with van der Waals surface area (Å²) < 4.78 is 10.8. The first kappa shape index (κ1) is 23.9.